The summed E-state index contributed by atoms with van der Waals surface area (Å²) in [5.74, 6) is 0. The summed E-state index contributed by atoms with van der Waals surface area (Å²) in [6.07, 6.45) is 5.22. The van der Waals surface area contributed by atoms with Crippen LogP contribution in [-0.4, -0.2) is 18.7 Å². The number of nitrogens with one attached hydrogen (secondary N) is 1. The largest absolute Gasteiger partial charge is 0.475 e. The maximum Gasteiger partial charge on any atom is 0.175 e. The van der Waals surface area contributed by atoms with Gasteiger partial charge >= 0.3 is 0 Å². The Morgan fingerprint density at radius 3 is 2.80 bits per heavy atom. The monoisotopic (exact) mass is 223 g/mol. The van der Waals surface area contributed by atoms with Crippen molar-refractivity contribution in [2.75, 3.05) is 13.1 Å². The topological polar surface area (TPSA) is 21.3 Å². The van der Waals surface area contributed by atoms with Crippen LogP contribution < -0.4 is 10.1 Å². The molecule has 1 aromatic rings. The van der Waals surface area contributed by atoms with Crippen LogP contribution in [-0.2, 0) is 12.8 Å². The highest BCUT2D eigenvalue weighted by molar-refractivity contribution is 7.14. The molecule has 1 saturated heterocycles. The van der Waals surface area contributed by atoms with Gasteiger partial charge in [-0.05, 0) is 44.2 Å². The molecule has 0 unspecified atom stereocenters. The third kappa shape index (κ3) is 1.79. The molecule has 1 N–H and O–H groups in total. The summed E-state index contributed by atoms with van der Waals surface area (Å²) in [5, 5.41) is 4.39. The average Bonchev–Trinajstić information content (AvgIpc) is 2.57. The number of hydrogen-bond donors (Lipinski definition) is 1. The standard InChI is InChI=1S/C12H17NOS/c1-12(7-13-8-12)14-11-6-9-4-2-3-5-10(9)15-11/h6,13H,2-5,7-8H2,1H3. The lowest BCUT2D eigenvalue weighted by molar-refractivity contribution is 0.0386. The van der Waals surface area contributed by atoms with Gasteiger partial charge in [-0.1, -0.05) is 0 Å². The fourth-order valence-corrected chi connectivity index (χ4v) is 3.53. The molecule has 0 radical (unpaired) electrons. The van der Waals surface area contributed by atoms with Gasteiger partial charge < -0.3 is 10.1 Å². The van der Waals surface area contributed by atoms with Crippen LogP contribution in [0.5, 0.6) is 5.06 Å². The molecule has 1 aromatic heterocycles. The highest BCUT2D eigenvalue weighted by Gasteiger charge is 2.34. The number of aryl methyl sites for hydroxylation is 2. The zero-order valence-electron chi connectivity index (χ0n) is 9.14. The van der Waals surface area contributed by atoms with Crippen molar-refractivity contribution >= 4 is 11.3 Å². The fraction of sp³-hybridized carbons (Fsp3) is 0.667. The normalized spacial score (nSPS) is 23.0. The minimum Gasteiger partial charge on any atom is -0.475 e. The van der Waals surface area contributed by atoms with E-state index in [9.17, 15) is 0 Å². The van der Waals surface area contributed by atoms with Crippen molar-refractivity contribution in [1.29, 1.82) is 0 Å². The van der Waals surface area contributed by atoms with Crippen LogP contribution in [0.4, 0.5) is 0 Å². The molecule has 2 nitrogen and oxygen atoms in total. The Labute approximate surface area is 94.6 Å². The predicted octanol–water partition coefficient (Wildman–Crippen LogP) is 2.37. The summed E-state index contributed by atoms with van der Waals surface area (Å²) in [6.45, 7) is 4.15. The minimum atomic E-state index is 0.0491. The molecule has 82 valence electrons. The van der Waals surface area contributed by atoms with E-state index in [1.54, 1.807) is 4.88 Å². The van der Waals surface area contributed by atoms with Crippen molar-refractivity contribution in [2.24, 2.45) is 0 Å². The Kier molecular flexibility index (Phi) is 2.25. The molecule has 0 amide bonds. The Balaban J connectivity index is 1.77. The van der Waals surface area contributed by atoms with Crippen molar-refractivity contribution in [2.45, 2.75) is 38.2 Å². The molecule has 1 aliphatic heterocycles. The summed E-state index contributed by atoms with van der Waals surface area (Å²) in [4.78, 5) is 1.56. The highest BCUT2D eigenvalue weighted by atomic mass is 32.1. The van der Waals surface area contributed by atoms with Crippen molar-refractivity contribution < 1.29 is 4.74 Å². The second-order valence-electron chi connectivity index (χ2n) is 4.88. The van der Waals surface area contributed by atoms with Gasteiger partial charge in [0.2, 0.25) is 0 Å². The third-order valence-corrected chi connectivity index (χ3v) is 4.43. The number of fused-ring (bicyclic) bond motifs is 1. The maximum absolute atomic E-state index is 6.05. The molecule has 0 bridgehead atoms. The van der Waals surface area contributed by atoms with Crippen LogP contribution in [0, 0.1) is 0 Å². The van der Waals surface area contributed by atoms with Gasteiger partial charge in [-0.3, -0.25) is 0 Å². The van der Waals surface area contributed by atoms with E-state index in [2.05, 4.69) is 18.3 Å². The van der Waals surface area contributed by atoms with Gasteiger partial charge in [-0.15, -0.1) is 11.3 Å². The maximum atomic E-state index is 6.05. The molecule has 0 saturated carbocycles. The van der Waals surface area contributed by atoms with Crippen LogP contribution in [0.2, 0.25) is 0 Å². The van der Waals surface area contributed by atoms with E-state index in [1.807, 2.05) is 11.3 Å². The second-order valence-corrected chi connectivity index (χ2v) is 5.98. The number of thiophene rings is 1. The van der Waals surface area contributed by atoms with Gasteiger partial charge in [0.1, 0.15) is 5.60 Å². The third-order valence-electron chi connectivity index (χ3n) is 3.32. The number of hydrogen-bond acceptors (Lipinski definition) is 3. The first-order valence-corrected chi connectivity index (χ1v) is 6.58. The molecule has 0 aromatic carbocycles. The summed E-state index contributed by atoms with van der Waals surface area (Å²) in [6, 6.07) is 2.27. The highest BCUT2D eigenvalue weighted by Crippen LogP contribution is 2.36. The summed E-state index contributed by atoms with van der Waals surface area (Å²) in [7, 11) is 0. The minimum absolute atomic E-state index is 0.0491. The summed E-state index contributed by atoms with van der Waals surface area (Å²) < 4.78 is 6.05. The van der Waals surface area contributed by atoms with E-state index in [4.69, 9.17) is 4.74 Å². The number of ether oxygens (including phenoxy) is 1. The molecular formula is C12H17NOS. The number of rotatable bonds is 2. The Bertz CT molecular complexity index is 344. The van der Waals surface area contributed by atoms with Crippen LogP contribution in [0.3, 0.4) is 0 Å². The van der Waals surface area contributed by atoms with Gasteiger partial charge in [0.25, 0.3) is 0 Å². The molecule has 0 atom stereocenters. The lowest BCUT2D eigenvalue weighted by atomic mass is 9.99. The molecule has 2 heterocycles. The van der Waals surface area contributed by atoms with Crippen molar-refractivity contribution in [1.82, 2.24) is 5.32 Å². The molecule has 3 rings (SSSR count). The predicted molar refractivity (Wildman–Crippen MR) is 62.9 cm³/mol. The first-order valence-electron chi connectivity index (χ1n) is 5.77. The van der Waals surface area contributed by atoms with E-state index in [-0.39, 0.29) is 5.60 Å². The van der Waals surface area contributed by atoms with E-state index in [0.29, 0.717) is 0 Å². The van der Waals surface area contributed by atoms with Gasteiger partial charge in [-0.25, -0.2) is 0 Å². The molecule has 3 heteroatoms. The molecule has 1 aliphatic carbocycles. The van der Waals surface area contributed by atoms with Gasteiger partial charge in [0.15, 0.2) is 5.06 Å². The summed E-state index contributed by atoms with van der Waals surface area (Å²) in [5.41, 5.74) is 1.59. The van der Waals surface area contributed by atoms with E-state index >= 15 is 0 Å². The quantitative estimate of drug-likeness (QED) is 0.831. The Morgan fingerprint density at radius 2 is 2.13 bits per heavy atom. The van der Waals surface area contributed by atoms with E-state index in [1.165, 1.54) is 31.2 Å². The van der Waals surface area contributed by atoms with Gasteiger partial charge in [0, 0.05) is 18.0 Å². The summed E-state index contributed by atoms with van der Waals surface area (Å²) >= 11 is 1.86. The van der Waals surface area contributed by atoms with Crippen LogP contribution in [0.25, 0.3) is 0 Å². The zero-order valence-corrected chi connectivity index (χ0v) is 9.95. The Hall–Kier alpha value is -0.540. The Morgan fingerprint density at radius 1 is 1.33 bits per heavy atom. The van der Waals surface area contributed by atoms with Gasteiger partial charge in [0.05, 0.1) is 0 Å². The molecule has 0 spiro atoms. The van der Waals surface area contributed by atoms with Crippen molar-refractivity contribution in [3.63, 3.8) is 0 Å². The van der Waals surface area contributed by atoms with Crippen molar-refractivity contribution in [3.8, 4) is 5.06 Å². The molecule has 2 aliphatic rings. The smallest absolute Gasteiger partial charge is 0.175 e. The van der Waals surface area contributed by atoms with E-state index < -0.39 is 0 Å². The molecule has 1 fully saturated rings. The fourth-order valence-electron chi connectivity index (χ4n) is 2.31. The van der Waals surface area contributed by atoms with Crippen LogP contribution >= 0.6 is 11.3 Å². The SMILES string of the molecule is CC1(Oc2cc3c(s2)CCCC3)CNC1. The first-order chi connectivity index (χ1) is 7.25. The lowest BCUT2D eigenvalue weighted by Gasteiger charge is -2.38. The first kappa shape index (κ1) is 9.67. The lowest BCUT2D eigenvalue weighted by Crippen LogP contribution is -2.60. The van der Waals surface area contributed by atoms with Crippen LogP contribution in [0.15, 0.2) is 6.07 Å². The van der Waals surface area contributed by atoms with Crippen molar-refractivity contribution in [3.05, 3.63) is 16.5 Å². The van der Waals surface area contributed by atoms with Crippen LogP contribution in [0.1, 0.15) is 30.2 Å². The molecular weight excluding hydrogens is 206 g/mol. The molecule has 15 heavy (non-hydrogen) atoms. The second kappa shape index (κ2) is 3.49. The van der Waals surface area contributed by atoms with Gasteiger partial charge in [-0.2, -0.15) is 0 Å². The van der Waals surface area contributed by atoms with E-state index in [0.717, 1.165) is 18.2 Å². The zero-order chi connectivity index (χ0) is 10.3. The average molecular weight is 223 g/mol.